The molecular formula is C13H18ClN3O. The molecule has 1 fully saturated rings. The number of carbonyl (C=O) groups excluding carboxylic acids is 1. The molecule has 0 saturated heterocycles. The van der Waals surface area contributed by atoms with Crippen LogP contribution in [0.1, 0.15) is 32.1 Å². The average molecular weight is 268 g/mol. The van der Waals surface area contributed by atoms with Gasteiger partial charge >= 0.3 is 0 Å². The van der Waals surface area contributed by atoms with Crippen molar-refractivity contribution >= 4 is 23.2 Å². The lowest BCUT2D eigenvalue weighted by molar-refractivity contribution is -0.126. The van der Waals surface area contributed by atoms with Gasteiger partial charge in [0.25, 0.3) is 0 Å². The van der Waals surface area contributed by atoms with Crippen LogP contribution in [0.25, 0.3) is 0 Å². The molecule has 1 aromatic heterocycles. The zero-order valence-corrected chi connectivity index (χ0v) is 11.0. The maximum atomic E-state index is 12.4. The standard InChI is InChI=1S/C13H18ClN3O/c14-11-5-4-10(8-16-11)17-12(18)13(9-15)6-2-1-3-7-13/h4-5,8H,1-3,6-7,9,15H2,(H,17,18). The Morgan fingerprint density at radius 1 is 1.39 bits per heavy atom. The summed E-state index contributed by atoms with van der Waals surface area (Å²) in [5, 5.41) is 3.31. The lowest BCUT2D eigenvalue weighted by Gasteiger charge is -2.34. The Morgan fingerprint density at radius 2 is 2.11 bits per heavy atom. The summed E-state index contributed by atoms with van der Waals surface area (Å²) in [6, 6.07) is 3.41. The zero-order chi connectivity index (χ0) is 13.0. The third kappa shape index (κ3) is 2.82. The molecule has 0 radical (unpaired) electrons. The van der Waals surface area contributed by atoms with Crippen LogP contribution in [0, 0.1) is 5.41 Å². The van der Waals surface area contributed by atoms with Gasteiger partial charge in [0.2, 0.25) is 5.91 Å². The van der Waals surface area contributed by atoms with Crippen molar-refractivity contribution in [2.45, 2.75) is 32.1 Å². The second-order valence-electron chi connectivity index (χ2n) is 4.87. The minimum absolute atomic E-state index is 0.00817. The van der Waals surface area contributed by atoms with Gasteiger partial charge < -0.3 is 11.1 Å². The lowest BCUT2D eigenvalue weighted by Crippen LogP contribution is -2.43. The average Bonchev–Trinajstić information content (AvgIpc) is 2.42. The molecule has 0 bridgehead atoms. The Morgan fingerprint density at radius 3 is 2.67 bits per heavy atom. The van der Waals surface area contributed by atoms with E-state index in [-0.39, 0.29) is 5.91 Å². The van der Waals surface area contributed by atoms with E-state index in [9.17, 15) is 4.79 Å². The number of nitrogens with two attached hydrogens (primary N) is 1. The second-order valence-corrected chi connectivity index (χ2v) is 5.26. The molecule has 1 aliphatic carbocycles. The van der Waals surface area contributed by atoms with Gasteiger partial charge in [0, 0.05) is 6.54 Å². The molecule has 4 nitrogen and oxygen atoms in total. The van der Waals surface area contributed by atoms with E-state index in [0.29, 0.717) is 17.4 Å². The van der Waals surface area contributed by atoms with Gasteiger partial charge in [-0.15, -0.1) is 0 Å². The van der Waals surface area contributed by atoms with Crippen LogP contribution in [-0.4, -0.2) is 17.4 Å². The van der Waals surface area contributed by atoms with Crippen LogP contribution in [-0.2, 0) is 4.79 Å². The van der Waals surface area contributed by atoms with Crippen LogP contribution in [0.4, 0.5) is 5.69 Å². The van der Waals surface area contributed by atoms with Crippen LogP contribution in [0.3, 0.4) is 0 Å². The van der Waals surface area contributed by atoms with Crippen molar-refractivity contribution in [1.82, 2.24) is 4.98 Å². The highest BCUT2D eigenvalue weighted by Crippen LogP contribution is 2.36. The molecule has 0 aromatic carbocycles. The Labute approximate surface area is 112 Å². The first-order valence-electron chi connectivity index (χ1n) is 6.29. The molecule has 18 heavy (non-hydrogen) atoms. The molecule has 1 amide bonds. The second kappa shape index (κ2) is 5.67. The molecule has 0 aliphatic heterocycles. The van der Waals surface area contributed by atoms with E-state index in [1.165, 1.54) is 6.42 Å². The first-order valence-corrected chi connectivity index (χ1v) is 6.67. The van der Waals surface area contributed by atoms with E-state index in [1.54, 1.807) is 18.3 Å². The van der Waals surface area contributed by atoms with Gasteiger partial charge in [-0.2, -0.15) is 0 Å². The number of pyridine rings is 1. The predicted molar refractivity (Wildman–Crippen MR) is 72.4 cm³/mol. The molecule has 98 valence electrons. The number of hydrogen-bond donors (Lipinski definition) is 2. The topological polar surface area (TPSA) is 68.0 Å². The fourth-order valence-corrected chi connectivity index (χ4v) is 2.58. The van der Waals surface area contributed by atoms with Crippen molar-refractivity contribution < 1.29 is 4.79 Å². The molecular weight excluding hydrogens is 250 g/mol. The van der Waals surface area contributed by atoms with Gasteiger partial charge in [0.15, 0.2) is 0 Å². The molecule has 1 aromatic rings. The maximum Gasteiger partial charge on any atom is 0.231 e. The molecule has 1 heterocycles. The molecule has 5 heteroatoms. The molecule has 1 aliphatic rings. The summed E-state index contributed by atoms with van der Waals surface area (Å²) in [7, 11) is 0. The monoisotopic (exact) mass is 267 g/mol. The van der Waals surface area contributed by atoms with E-state index in [4.69, 9.17) is 17.3 Å². The number of carbonyl (C=O) groups is 1. The first kappa shape index (κ1) is 13.3. The van der Waals surface area contributed by atoms with E-state index < -0.39 is 5.41 Å². The maximum absolute atomic E-state index is 12.4. The number of hydrogen-bond acceptors (Lipinski definition) is 3. The minimum atomic E-state index is -0.405. The fourth-order valence-electron chi connectivity index (χ4n) is 2.47. The van der Waals surface area contributed by atoms with Crippen molar-refractivity contribution in [3.63, 3.8) is 0 Å². The number of amides is 1. The van der Waals surface area contributed by atoms with E-state index in [2.05, 4.69) is 10.3 Å². The highest BCUT2D eigenvalue weighted by atomic mass is 35.5. The van der Waals surface area contributed by atoms with E-state index in [1.807, 2.05) is 0 Å². The van der Waals surface area contributed by atoms with Crippen molar-refractivity contribution in [2.24, 2.45) is 11.1 Å². The highest BCUT2D eigenvalue weighted by Gasteiger charge is 2.38. The van der Waals surface area contributed by atoms with Crippen LogP contribution >= 0.6 is 11.6 Å². The van der Waals surface area contributed by atoms with E-state index >= 15 is 0 Å². The smallest absolute Gasteiger partial charge is 0.231 e. The molecule has 3 N–H and O–H groups in total. The van der Waals surface area contributed by atoms with Gasteiger partial charge in [-0.25, -0.2) is 4.98 Å². The van der Waals surface area contributed by atoms with Crippen molar-refractivity contribution in [3.8, 4) is 0 Å². The molecule has 0 unspecified atom stereocenters. The number of rotatable bonds is 3. The summed E-state index contributed by atoms with van der Waals surface area (Å²) in [6.45, 7) is 0.403. The van der Waals surface area contributed by atoms with Crippen LogP contribution in [0.15, 0.2) is 18.3 Å². The predicted octanol–water partition coefficient (Wildman–Crippen LogP) is 2.58. The summed E-state index contributed by atoms with van der Waals surface area (Å²) < 4.78 is 0. The number of aromatic nitrogens is 1. The molecule has 0 atom stereocenters. The van der Waals surface area contributed by atoms with Gasteiger partial charge in [-0.3, -0.25) is 4.79 Å². The fraction of sp³-hybridized carbons (Fsp3) is 0.538. The largest absolute Gasteiger partial charge is 0.329 e. The SMILES string of the molecule is NCC1(C(=O)Nc2ccc(Cl)nc2)CCCCC1. The third-order valence-electron chi connectivity index (χ3n) is 3.67. The normalized spacial score (nSPS) is 18.3. The van der Waals surface area contributed by atoms with Crippen LogP contribution in [0.5, 0.6) is 0 Å². The molecule has 2 rings (SSSR count). The summed E-state index contributed by atoms with van der Waals surface area (Å²) in [4.78, 5) is 16.3. The Hall–Kier alpha value is -1.13. The number of nitrogens with zero attached hydrogens (tertiary/aromatic N) is 1. The van der Waals surface area contributed by atoms with Crippen molar-refractivity contribution in [2.75, 3.05) is 11.9 Å². The quantitative estimate of drug-likeness (QED) is 0.827. The van der Waals surface area contributed by atoms with Crippen molar-refractivity contribution in [1.29, 1.82) is 0 Å². The van der Waals surface area contributed by atoms with Crippen LogP contribution < -0.4 is 11.1 Å². The number of anilines is 1. The summed E-state index contributed by atoms with van der Waals surface area (Å²) in [5.74, 6) is 0.00817. The van der Waals surface area contributed by atoms with Gasteiger partial charge in [0.1, 0.15) is 5.15 Å². The van der Waals surface area contributed by atoms with E-state index in [0.717, 1.165) is 25.7 Å². The summed E-state index contributed by atoms with van der Waals surface area (Å²) >= 11 is 5.71. The van der Waals surface area contributed by atoms with Gasteiger partial charge in [-0.05, 0) is 25.0 Å². The highest BCUT2D eigenvalue weighted by molar-refractivity contribution is 6.29. The number of nitrogens with one attached hydrogen (secondary N) is 1. The third-order valence-corrected chi connectivity index (χ3v) is 3.89. The summed E-state index contributed by atoms with van der Waals surface area (Å²) in [5.41, 5.74) is 6.08. The Bertz CT molecular complexity index is 413. The lowest BCUT2D eigenvalue weighted by atomic mass is 9.73. The summed E-state index contributed by atoms with van der Waals surface area (Å²) in [6.07, 6.45) is 6.64. The number of halogens is 1. The van der Waals surface area contributed by atoms with Crippen molar-refractivity contribution in [3.05, 3.63) is 23.5 Å². The van der Waals surface area contributed by atoms with Crippen LogP contribution in [0.2, 0.25) is 5.15 Å². The molecule has 0 spiro atoms. The van der Waals surface area contributed by atoms with Gasteiger partial charge in [-0.1, -0.05) is 30.9 Å². The Kier molecular flexibility index (Phi) is 4.19. The zero-order valence-electron chi connectivity index (χ0n) is 10.3. The Balaban J connectivity index is 2.07. The molecule has 1 saturated carbocycles. The minimum Gasteiger partial charge on any atom is -0.329 e. The van der Waals surface area contributed by atoms with Gasteiger partial charge in [0.05, 0.1) is 17.3 Å². The first-order chi connectivity index (χ1) is 8.66.